The van der Waals surface area contributed by atoms with Crippen LogP contribution in [0.5, 0.6) is 0 Å². The minimum Gasteiger partial charge on any atom is -0.462 e. The molecule has 0 amide bonds. The zero-order valence-corrected chi connectivity index (χ0v) is 40.8. The standard InChI is InChI=1S/C50H100NO8P/c1-4-6-8-10-12-14-16-18-20-22-24-26-28-30-32-34-36-38-40-42-49(52)56-46-48(47-58-60(54,55)57-45-44-51-3)59-50(53)43-41-39-37-35-33-31-29-27-25-23-21-19-17-15-13-11-9-7-5-2/h48,51H,4-47H2,1-3H3,(H,54,55). The summed E-state index contributed by atoms with van der Waals surface area (Å²) in [5.41, 5.74) is 0. The van der Waals surface area contributed by atoms with Gasteiger partial charge in [0.15, 0.2) is 6.10 Å². The van der Waals surface area contributed by atoms with Gasteiger partial charge in [0.25, 0.3) is 0 Å². The molecule has 0 spiro atoms. The van der Waals surface area contributed by atoms with E-state index >= 15 is 0 Å². The molecule has 0 aromatic heterocycles. The summed E-state index contributed by atoms with van der Waals surface area (Å²) < 4.78 is 33.4. The van der Waals surface area contributed by atoms with Gasteiger partial charge in [-0.05, 0) is 19.9 Å². The molecule has 0 bridgehead atoms. The highest BCUT2D eigenvalue weighted by atomic mass is 31.2. The average molecular weight is 874 g/mol. The van der Waals surface area contributed by atoms with Crippen LogP contribution in [0.4, 0.5) is 0 Å². The number of hydrogen-bond donors (Lipinski definition) is 2. The number of nitrogens with one attached hydrogen (secondary N) is 1. The van der Waals surface area contributed by atoms with Gasteiger partial charge < -0.3 is 19.7 Å². The van der Waals surface area contributed by atoms with E-state index in [2.05, 4.69) is 19.2 Å². The van der Waals surface area contributed by atoms with E-state index in [1.807, 2.05) is 0 Å². The predicted octanol–water partition coefficient (Wildman–Crippen LogP) is 15.4. The first-order valence-electron chi connectivity index (χ1n) is 26.0. The van der Waals surface area contributed by atoms with Gasteiger partial charge in [-0.15, -0.1) is 0 Å². The highest BCUT2D eigenvalue weighted by molar-refractivity contribution is 7.47. The molecule has 0 aromatic rings. The third-order valence-corrected chi connectivity index (χ3v) is 12.7. The Morgan fingerprint density at radius 2 is 0.750 bits per heavy atom. The van der Waals surface area contributed by atoms with Crippen molar-refractivity contribution in [2.75, 3.05) is 33.4 Å². The van der Waals surface area contributed by atoms with Crippen LogP contribution in [0.15, 0.2) is 0 Å². The van der Waals surface area contributed by atoms with Gasteiger partial charge in [-0.2, -0.15) is 0 Å². The summed E-state index contributed by atoms with van der Waals surface area (Å²) in [7, 11) is -2.64. The van der Waals surface area contributed by atoms with Crippen LogP contribution in [0, 0.1) is 0 Å². The van der Waals surface area contributed by atoms with E-state index < -0.39 is 26.5 Å². The third-order valence-electron chi connectivity index (χ3n) is 11.7. The van der Waals surface area contributed by atoms with Crippen molar-refractivity contribution in [2.45, 2.75) is 277 Å². The Balaban J connectivity index is 4.05. The fourth-order valence-corrected chi connectivity index (χ4v) is 8.54. The van der Waals surface area contributed by atoms with Crippen molar-refractivity contribution in [3.63, 3.8) is 0 Å². The number of ether oxygens (including phenoxy) is 2. The molecule has 358 valence electrons. The molecule has 0 saturated heterocycles. The van der Waals surface area contributed by atoms with Gasteiger partial charge in [0, 0.05) is 19.4 Å². The first-order valence-corrected chi connectivity index (χ1v) is 27.5. The number of carbonyl (C=O) groups is 2. The molecule has 2 unspecified atom stereocenters. The normalized spacial score (nSPS) is 13.1. The van der Waals surface area contributed by atoms with Crippen LogP contribution in [0.3, 0.4) is 0 Å². The average Bonchev–Trinajstić information content (AvgIpc) is 3.23. The summed E-state index contributed by atoms with van der Waals surface area (Å²) in [6, 6.07) is 0. The van der Waals surface area contributed by atoms with Crippen LogP contribution >= 0.6 is 7.82 Å². The highest BCUT2D eigenvalue weighted by Crippen LogP contribution is 2.43. The van der Waals surface area contributed by atoms with E-state index in [1.54, 1.807) is 7.05 Å². The fourth-order valence-electron chi connectivity index (χ4n) is 7.79. The molecule has 2 atom stereocenters. The second kappa shape index (κ2) is 47.5. The zero-order chi connectivity index (χ0) is 43.9. The van der Waals surface area contributed by atoms with E-state index in [0.29, 0.717) is 13.0 Å². The molecule has 9 nitrogen and oxygen atoms in total. The molecule has 10 heteroatoms. The van der Waals surface area contributed by atoms with E-state index in [-0.39, 0.29) is 25.6 Å². The summed E-state index contributed by atoms with van der Waals surface area (Å²) in [6.07, 6.45) is 48.7. The van der Waals surface area contributed by atoms with Crippen LogP contribution < -0.4 is 5.32 Å². The lowest BCUT2D eigenvalue weighted by atomic mass is 10.0. The Labute approximate surface area is 371 Å². The van der Waals surface area contributed by atoms with Crippen LogP contribution in [0.2, 0.25) is 0 Å². The minimum atomic E-state index is -4.35. The number of hydrogen-bond acceptors (Lipinski definition) is 8. The highest BCUT2D eigenvalue weighted by Gasteiger charge is 2.26. The van der Waals surface area contributed by atoms with E-state index in [1.165, 1.54) is 205 Å². The Morgan fingerprint density at radius 1 is 0.450 bits per heavy atom. The lowest BCUT2D eigenvalue weighted by Crippen LogP contribution is -2.29. The fraction of sp³-hybridized carbons (Fsp3) is 0.960. The molecule has 60 heavy (non-hydrogen) atoms. The summed E-state index contributed by atoms with van der Waals surface area (Å²) in [6.45, 7) is 4.30. The molecule has 0 aromatic carbocycles. The summed E-state index contributed by atoms with van der Waals surface area (Å²) in [5, 5.41) is 2.84. The second-order valence-corrected chi connectivity index (χ2v) is 19.2. The summed E-state index contributed by atoms with van der Waals surface area (Å²) >= 11 is 0. The molecule has 0 aliphatic carbocycles. The number of likely N-dealkylation sites (N-methyl/N-ethyl adjacent to an activating group) is 1. The smallest absolute Gasteiger partial charge is 0.462 e. The Morgan fingerprint density at radius 3 is 1.07 bits per heavy atom. The van der Waals surface area contributed by atoms with Crippen LogP contribution in [0.25, 0.3) is 0 Å². The monoisotopic (exact) mass is 874 g/mol. The lowest BCUT2D eigenvalue weighted by Gasteiger charge is -2.20. The maximum atomic E-state index is 12.7. The van der Waals surface area contributed by atoms with Crippen molar-refractivity contribution < 1.29 is 37.6 Å². The van der Waals surface area contributed by atoms with Crippen molar-refractivity contribution in [2.24, 2.45) is 0 Å². The first-order chi connectivity index (χ1) is 29.3. The number of phosphoric ester groups is 1. The maximum absolute atomic E-state index is 12.7. The van der Waals surface area contributed by atoms with Gasteiger partial charge in [0.1, 0.15) is 6.61 Å². The predicted molar refractivity (Wildman–Crippen MR) is 253 cm³/mol. The third kappa shape index (κ3) is 46.5. The van der Waals surface area contributed by atoms with Crippen LogP contribution in [-0.4, -0.2) is 56.3 Å². The summed E-state index contributed by atoms with van der Waals surface area (Å²) in [4.78, 5) is 35.2. The van der Waals surface area contributed by atoms with Crippen LogP contribution in [0.1, 0.15) is 271 Å². The topological polar surface area (TPSA) is 120 Å². The number of esters is 2. The lowest BCUT2D eigenvalue weighted by molar-refractivity contribution is -0.161. The Hall–Kier alpha value is -0.990. The minimum absolute atomic E-state index is 0.0114. The largest absolute Gasteiger partial charge is 0.472 e. The quantitative estimate of drug-likeness (QED) is 0.0350. The van der Waals surface area contributed by atoms with Crippen molar-refractivity contribution in [3.05, 3.63) is 0 Å². The van der Waals surface area contributed by atoms with Crippen molar-refractivity contribution in [1.82, 2.24) is 5.32 Å². The van der Waals surface area contributed by atoms with E-state index in [0.717, 1.165) is 38.5 Å². The number of carbonyl (C=O) groups excluding carboxylic acids is 2. The number of rotatable bonds is 50. The van der Waals surface area contributed by atoms with Crippen molar-refractivity contribution >= 4 is 19.8 Å². The Bertz CT molecular complexity index is 953. The molecular formula is C50H100NO8P. The molecule has 0 rings (SSSR count). The SMILES string of the molecule is CCCCCCCCCCCCCCCCCCCCCC(=O)OCC(COP(=O)(O)OCCNC)OC(=O)CCCCCCCCCCCCCCCCCCCCC. The first kappa shape index (κ1) is 59.0. The number of phosphoric acid groups is 1. The van der Waals surface area contributed by atoms with Gasteiger partial charge in [-0.1, -0.05) is 245 Å². The molecule has 0 saturated carbocycles. The van der Waals surface area contributed by atoms with E-state index in [4.69, 9.17) is 18.5 Å². The zero-order valence-electron chi connectivity index (χ0n) is 39.9. The Kier molecular flexibility index (Phi) is 46.7. The molecule has 0 fully saturated rings. The van der Waals surface area contributed by atoms with Gasteiger partial charge >= 0.3 is 19.8 Å². The van der Waals surface area contributed by atoms with E-state index in [9.17, 15) is 19.0 Å². The molecule has 0 aliphatic heterocycles. The van der Waals surface area contributed by atoms with Gasteiger partial charge in [0.05, 0.1) is 13.2 Å². The van der Waals surface area contributed by atoms with Gasteiger partial charge in [0.2, 0.25) is 0 Å². The molecule has 0 heterocycles. The molecular weight excluding hydrogens is 774 g/mol. The van der Waals surface area contributed by atoms with Gasteiger partial charge in [-0.3, -0.25) is 18.6 Å². The molecule has 0 aliphatic rings. The van der Waals surface area contributed by atoms with Crippen molar-refractivity contribution in [1.29, 1.82) is 0 Å². The second-order valence-electron chi connectivity index (χ2n) is 17.7. The molecule has 2 N–H and O–H groups in total. The maximum Gasteiger partial charge on any atom is 0.472 e. The molecule has 0 radical (unpaired) electrons. The van der Waals surface area contributed by atoms with Crippen LogP contribution in [-0.2, 0) is 32.7 Å². The summed E-state index contributed by atoms with van der Waals surface area (Å²) in [5.74, 6) is -0.784. The number of unbranched alkanes of at least 4 members (excludes halogenated alkanes) is 36. The van der Waals surface area contributed by atoms with Crippen molar-refractivity contribution in [3.8, 4) is 0 Å². The van der Waals surface area contributed by atoms with Gasteiger partial charge in [-0.25, -0.2) is 4.57 Å².